The number of hydrogen-bond acceptors (Lipinski definition) is 2. The van der Waals surface area contributed by atoms with Crippen molar-refractivity contribution in [3.8, 4) is 0 Å². The molecule has 128 valence electrons. The molecule has 24 heavy (non-hydrogen) atoms. The zero-order chi connectivity index (χ0) is 17.9. The van der Waals surface area contributed by atoms with Crippen LogP contribution in [0.1, 0.15) is 17.4 Å². The highest BCUT2D eigenvalue weighted by atomic mass is 79.9. The van der Waals surface area contributed by atoms with Gasteiger partial charge in [0.2, 0.25) is 5.91 Å². The first-order valence-corrected chi connectivity index (χ1v) is 7.97. The molecule has 0 saturated heterocycles. The molecule has 8 heteroatoms. The van der Waals surface area contributed by atoms with Crippen LogP contribution in [0.25, 0.3) is 0 Å². The van der Waals surface area contributed by atoms with Crippen LogP contribution in [0, 0.1) is 11.6 Å². The number of aromatic nitrogens is 1. The number of anilines is 1. The van der Waals surface area contributed by atoms with Crippen molar-refractivity contribution in [1.29, 1.82) is 0 Å². The van der Waals surface area contributed by atoms with Crippen molar-refractivity contribution in [3.05, 3.63) is 52.3 Å². The minimum atomic E-state index is -0.871. The van der Waals surface area contributed by atoms with E-state index in [1.165, 1.54) is 11.0 Å². The number of carbonyl (C=O) groups excluding carboxylic acids is 2. The van der Waals surface area contributed by atoms with E-state index in [2.05, 4.69) is 21.2 Å². The van der Waals surface area contributed by atoms with Crippen molar-refractivity contribution >= 4 is 33.4 Å². The lowest BCUT2D eigenvalue weighted by Crippen LogP contribution is -2.38. The van der Waals surface area contributed by atoms with E-state index in [4.69, 9.17) is 0 Å². The van der Waals surface area contributed by atoms with Crippen LogP contribution in [0.2, 0.25) is 0 Å². The Morgan fingerprint density at radius 2 is 1.92 bits per heavy atom. The molecule has 0 spiro atoms. The van der Waals surface area contributed by atoms with Crippen molar-refractivity contribution in [2.75, 3.05) is 18.4 Å². The van der Waals surface area contributed by atoms with Gasteiger partial charge in [0, 0.05) is 24.3 Å². The number of halogens is 3. The maximum atomic E-state index is 13.6. The summed E-state index contributed by atoms with van der Waals surface area (Å²) in [5.41, 5.74) is -0.124. The molecule has 1 aromatic carbocycles. The van der Waals surface area contributed by atoms with E-state index >= 15 is 0 Å². The lowest BCUT2D eigenvalue weighted by molar-refractivity contribution is -0.116. The third kappa shape index (κ3) is 4.00. The van der Waals surface area contributed by atoms with Crippen molar-refractivity contribution in [2.45, 2.75) is 6.92 Å². The summed E-state index contributed by atoms with van der Waals surface area (Å²) in [6.45, 7) is 1.67. The lowest BCUT2D eigenvalue weighted by atomic mass is 10.3. The summed E-state index contributed by atoms with van der Waals surface area (Å²) in [7, 11) is 1.71. The van der Waals surface area contributed by atoms with Gasteiger partial charge in [-0.05, 0) is 41.1 Å². The molecule has 0 bridgehead atoms. The zero-order valence-corrected chi connectivity index (χ0v) is 14.7. The van der Waals surface area contributed by atoms with Gasteiger partial charge in [0.25, 0.3) is 5.91 Å². The van der Waals surface area contributed by atoms with Crippen molar-refractivity contribution in [2.24, 2.45) is 7.05 Å². The predicted octanol–water partition coefficient (Wildman–Crippen LogP) is 3.17. The summed E-state index contributed by atoms with van der Waals surface area (Å²) >= 11 is 3.28. The van der Waals surface area contributed by atoms with E-state index in [1.54, 1.807) is 30.8 Å². The van der Waals surface area contributed by atoms with Crippen LogP contribution in [0.4, 0.5) is 14.5 Å². The molecule has 1 heterocycles. The number of nitrogens with zero attached hydrogens (tertiary/aromatic N) is 2. The molecule has 0 aliphatic carbocycles. The molecule has 0 radical (unpaired) electrons. The topological polar surface area (TPSA) is 54.3 Å². The molecular weight excluding hydrogens is 384 g/mol. The number of aryl methyl sites for hydroxylation is 1. The number of likely N-dealkylation sites (N-methyl/N-ethyl adjacent to an activating group) is 1. The average molecular weight is 400 g/mol. The summed E-state index contributed by atoms with van der Waals surface area (Å²) in [4.78, 5) is 25.8. The predicted molar refractivity (Wildman–Crippen MR) is 89.7 cm³/mol. The van der Waals surface area contributed by atoms with Crippen LogP contribution in [0.5, 0.6) is 0 Å². The highest BCUT2D eigenvalue weighted by Crippen LogP contribution is 2.18. The molecule has 0 fully saturated rings. The van der Waals surface area contributed by atoms with Gasteiger partial charge in [-0.15, -0.1) is 0 Å². The van der Waals surface area contributed by atoms with Gasteiger partial charge < -0.3 is 14.8 Å². The largest absolute Gasteiger partial charge is 0.345 e. The van der Waals surface area contributed by atoms with Gasteiger partial charge in [-0.25, -0.2) is 8.78 Å². The van der Waals surface area contributed by atoms with Crippen molar-refractivity contribution < 1.29 is 18.4 Å². The number of benzene rings is 1. The molecule has 5 nitrogen and oxygen atoms in total. The number of hydrogen-bond donors (Lipinski definition) is 1. The van der Waals surface area contributed by atoms with E-state index in [1.807, 2.05) is 0 Å². The molecule has 0 atom stereocenters. The molecule has 0 unspecified atom stereocenters. The van der Waals surface area contributed by atoms with Crippen LogP contribution in [-0.2, 0) is 11.8 Å². The quantitative estimate of drug-likeness (QED) is 0.839. The van der Waals surface area contributed by atoms with Gasteiger partial charge in [0.05, 0.1) is 0 Å². The number of para-hydroxylation sites is 1. The lowest BCUT2D eigenvalue weighted by Gasteiger charge is -2.20. The molecule has 2 rings (SSSR count). The summed E-state index contributed by atoms with van der Waals surface area (Å²) in [6, 6.07) is 4.93. The molecular formula is C16H16BrF2N3O2. The zero-order valence-electron chi connectivity index (χ0n) is 13.1. The molecule has 2 aromatic rings. The van der Waals surface area contributed by atoms with Gasteiger partial charge in [0.1, 0.15) is 29.6 Å². The summed E-state index contributed by atoms with van der Waals surface area (Å²) in [6.07, 6.45) is 1.72. The third-order valence-electron chi connectivity index (χ3n) is 3.42. The minimum absolute atomic E-state index is 0.273. The fraction of sp³-hybridized carbons (Fsp3) is 0.250. The highest BCUT2D eigenvalue weighted by molar-refractivity contribution is 9.10. The Labute approximate surface area is 146 Å². The Bertz CT molecular complexity index is 756. The van der Waals surface area contributed by atoms with Crippen LogP contribution in [-0.4, -0.2) is 34.4 Å². The van der Waals surface area contributed by atoms with Crippen LogP contribution >= 0.6 is 15.9 Å². The first-order chi connectivity index (χ1) is 11.3. The Balaban J connectivity index is 2.11. The second kappa shape index (κ2) is 7.57. The van der Waals surface area contributed by atoms with E-state index in [-0.39, 0.29) is 19.0 Å². The van der Waals surface area contributed by atoms with E-state index in [9.17, 15) is 18.4 Å². The molecule has 1 N–H and O–H groups in total. The normalized spacial score (nSPS) is 10.5. The van der Waals surface area contributed by atoms with E-state index < -0.39 is 23.2 Å². The number of amides is 2. The molecule has 2 amide bonds. The van der Waals surface area contributed by atoms with E-state index in [0.29, 0.717) is 5.69 Å². The highest BCUT2D eigenvalue weighted by Gasteiger charge is 2.21. The number of carbonyl (C=O) groups is 2. The molecule has 1 aromatic heterocycles. The van der Waals surface area contributed by atoms with Gasteiger partial charge in [-0.2, -0.15) is 0 Å². The molecule has 0 aliphatic heterocycles. The van der Waals surface area contributed by atoms with Gasteiger partial charge in [-0.3, -0.25) is 9.59 Å². The number of rotatable bonds is 5. The smallest absolute Gasteiger partial charge is 0.270 e. The summed E-state index contributed by atoms with van der Waals surface area (Å²) in [5, 5.41) is 2.17. The van der Waals surface area contributed by atoms with Crippen molar-refractivity contribution in [3.63, 3.8) is 0 Å². The fourth-order valence-corrected chi connectivity index (χ4v) is 2.72. The van der Waals surface area contributed by atoms with Crippen LogP contribution < -0.4 is 5.32 Å². The first kappa shape index (κ1) is 18.1. The number of nitrogens with one attached hydrogen (secondary N) is 1. The molecule has 0 saturated carbocycles. The second-order valence-corrected chi connectivity index (χ2v) is 6.03. The maximum absolute atomic E-state index is 13.6. The Kier molecular flexibility index (Phi) is 5.71. The maximum Gasteiger partial charge on any atom is 0.270 e. The van der Waals surface area contributed by atoms with Crippen LogP contribution in [0.15, 0.2) is 34.9 Å². The monoisotopic (exact) mass is 399 g/mol. The third-order valence-corrected chi connectivity index (χ3v) is 3.85. The van der Waals surface area contributed by atoms with Crippen molar-refractivity contribution in [1.82, 2.24) is 9.47 Å². The molecule has 0 aliphatic rings. The average Bonchev–Trinajstić information content (AvgIpc) is 2.86. The Morgan fingerprint density at radius 3 is 2.42 bits per heavy atom. The Hall–Kier alpha value is -2.22. The van der Waals surface area contributed by atoms with Gasteiger partial charge in [0.15, 0.2) is 0 Å². The van der Waals surface area contributed by atoms with Gasteiger partial charge >= 0.3 is 0 Å². The minimum Gasteiger partial charge on any atom is -0.345 e. The van der Waals surface area contributed by atoms with E-state index in [0.717, 1.165) is 16.6 Å². The summed E-state index contributed by atoms with van der Waals surface area (Å²) < 4.78 is 29.5. The SMILES string of the molecule is CCN(CC(=O)Nc1c(F)cccc1F)C(=O)c1cc(Br)cn1C. The first-order valence-electron chi connectivity index (χ1n) is 7.18. The fourth-order valence-electron chi connectivity index (χ4n) is 2.20. The summed E-state index contributed by atoms with van der Waals surface area (Å²) in [5.74, 6) is -2.77. The van der Waals surface area contributed by atoms with Gasteiger partial charge in [-0.1, -0.05) is 6.07 Å². The standard InChI is InChI=1S/C16H16BrF2N3O2/c1-3-22(16(24)13-7-10(17)8-21(13)2)9-14(23)20-15-11(18)5-4-6-12(15)19/h4-8H,3,9H2,1-2H3,(H,20,23). The van der Waals surface area contributed by atoms with Crippen LogP contribution in [0.3, 0.4) is 0 Å². The Morgan fingerprint density at radius 1 is 1.29 bits per heavy atom. The second-order valence-electron chi connectivity index (χ2n) is 5.12.